The number of anilines is 1. The number of nitrogens with zero attached hydrogens (tertiary/aromatic N) is 1. The third kappa shape index (κ3) is 1.50. The molecule has 2 rings (SSSR count). The summed E-state index contributed by atoms with van der Waals surface area (Å²) in [5, 5.41) is 0. The Morgan fingerprint density at radius 3 is 2.12 bits per heavy atom. The van der Waals surface area contributed by atoms with Gasteiger partial charge in [0.05, 0.1) is 5.69 Å². The maximum atomic E-state index is 11.1. The number of benzene rings is 1. The van der Waals surface area contributed by atoms with Gasteiger partial charge < -0.3 is 13.7 Å². The molecule has 0 saturated heterocycles. The summed E-state index contributed by atoms with van der Waals surface area (Å²) in [6, 6.07) is 3.61. The van der Waals surface area contributed by atoms with Crippen LogP contribution in [0.15, 0.2) is 30.6 Å². The molecule has 0 fully saturated rings. The molecular formula is C11H11NO4. The Hall–Kier alpha value is -2.04. The molecular weight excluding hydrogens is 210 g/mol. The highest BCUT2D eigenvalue weighted by Gasteiger charge is 2.12. The third-order valence-corrected chi connectivity index (χ3v) is 2.33. The Kier molecular flexibility index (Phi) is 2.30. The van der Waals surface area contributed by atoms with Crippen molar-refractivity contribution >= 4 is 16.9 Å². The van der Waals surface area contributed by atoms with E-state index >= 15 is 0 Å². The maximum Gasteiger partial charge on any atom is 0.423 e. The molecule has 0 N–H and O–H groups in total. The molecule has 0 aliphatic heterocycles. The molecule has 0 atom stereocenters. The zero-order valence-electron chi connectivity index (χ0n) is 9.23. The predicted octanol–water partition coefficient (Wildman–Crippen LogP) is 1.12. The Morgan fingerprint density at radius 1 is 1.00 bits per heavy atom. The molecule has 0 spiro atoms. The van der Waals surface area contributed by atoms with Crippen molar-refractivity contribution in [2.24, 2.45) is 0 Å². The molecule has 0 bridgehead atoms. The number of rotatable bonds is 1. The molecule has 5 nitrogen and oxygen atoms in total. The summed E-state index contributed by atoms with van der Waals surface area (Å²) in [5.74, 6) is 0. The van der Waals surface area contributed by atoms with Crippen molar-refractivity contribution in [3.63, 3.8) is 0 Å². The molecule has 1 heterocycles. The van der Waals surface area contributed by atoms with Crippen molar-refractivity contribution in [2.75, 3.05) is 19.0 Å². The average molecular weight is 221 g/mol. The van der Waals surface area contributed by atoms with Gasteiger partial charge in [-0.2, -0.15) is 0 Å². The van der Waals surface area contributed by atoms with Crippen LogP contribution in [0.4, 0.5) is 5.69 Å². The van der Waals surface area contributed by atoms with E-state index in [0.717, 1.165) is 5.56 Å². The van der Waals surface area contributed by atoms with Crippen LogP contribution >= 0.6 is 0 Å². The Bertz CT molecular complexity index is 651. The number of hydrogen-bond acceptors (Lipinski definition) is 5. The molecule has 0 saturated carbocycles. The van der Waals surface area contributed by atoms with Crippen LogP contribution in [-0.2, 0) is 0 Å². The van der Waals surface area contributed by atoms with Crippen molar-refractivity contribution in [1.82, 2.24) is 0 Å². The summed E-state index contributed by atoms with van der Waals surface area (Å²) >= 11 is 0. The number of aryl methyl sites for hydroxylation is 1. The molecule has 0 aliphatic rings. The van der Waals surface area contributed by atoms with Gasteiger partial charge in [-0.3, -0.25) is 0 Å². The fraction of sp³-hybridized carbons (Fsp3) is 0.273. The molecule has 16 heavy (non-hydrogen) atoms. The van der Waals surface area contributed by atoms with E-state index in [0.29, 0.717) is 16.9 Å². The van der Waals surface area contributed by atoms with Gasteiger partial charge in [-0.25, -0.2) is 9.59 Å². The van der Waals surface area contributed by atoms with Crippen molar-refractivity contribution in [1.29, 1.82) is 0 Å². The summed E-state index contributed by atoms with van der Waals surface area (Å²) in [4.78, 5) is 24.0. The second kappa shape index (κ2) is 3.52. The van der Waals surface area contributed by atoms with Gasteiger partial charge in [0, 0.05) is 14.1 Å². The molecule has 1 aromatic carbocycles. The van der Waals surface area contributed by atoms with E-state index in [4.69, 9.17) is 8.83 Å². The summed E-state index contributed by atoms with van der Waals surface area (Å²) < 4.78 is 9.89. The van der Waals surface area contributed by atoms with Crippen LogP contribution in [0.5, 0.6) is 0 Å². The lowest BCUT2D eigenvalue weighted by molar-refractivity contribution is 0.448. The van der Waals surface area contributed by atoms with E-state index in [9.17, 15) is 9.59 Å². The highest BCUT2D eigenvalue weighted by molar-refractivity contribution is 5.86. The monoisotopic (exact) mass is 221 g/mol. The van der Waals surface area contributed by atoms with E-state index < -0.39 is 11.3 Å². The predicted molar refractivity (Wildman–Crippen MR) is 60.1 cm³/mol. The van der Waals surface area contributed by atoms with Crippen molar-refractivity contribution in [2.45, 2.75) is 6.92 Å². The molecule has 0 unspecified atom stereocenters. The van der Waals surface area contributed by atoms with E-state index in [1.165, 1.54) is 0 Å². The second-order valence-corrected chi connectivity index (χ2v) is 3.73. The normalized spacial score (nSPS) is 10.7. The summed E-state index contributed by atoms with van der Waals surface area (Å²) in [7, 11) is 3.63. The van der Waals surface area contributed by atoms with Crippen LogP contribution in [0.25, 0.3) is 11.2 Å². The standard InChI is InChI=1S/C11H11NO4/c1-6-4-5-7(12(2)3)9-8(6)15-10(13)11(14)16-9/h4-5H,1-3H3. The second-order valence-electron chi connectivity index (χ2n) is 3.73. The Morgan fingerprint density at radius 2 is 1.56 bits per heavy atom. The van der Waals surface area contributed by atoms with E-state index in [-0.39, 0.29) is 0 Å². The molecule has 0 amide bonds. The lowest BCUT2D eigenvalue weighted by Crippen LogP contribution is -2.22. The van der Waals surface area contributed by atoms with E-state index in [1.807, 2.05) is 14.1 Å². The smallest absolute Gasteiger partial charge is 0.414 e. The zero-order chi connectivity index (χ0) is 11.9. The fourth-order valence-corrected chi connectivity index (χ4v) is 1.50. The molecule has 0 aliphatic carbocycles. The largest absolute Gasteiger partial charge is 0.423 e. The highest BCUT2D eigenvalue weighted by atomic mass is 16.5. The minimum atomic E-state index is -0.985. The van der Waals surface area contributed by atoms with Gasteiger partial charge in [-0.05, 0) is 18.6 Å². The highest BCUT2D eigenvalue weighted by Crippen LogP contribution is 2.25. The van der Waals surface area contributed by atoms with Crippen molar-refractivity contribution in [3.8, 4) is 0 Å². The minimum Gasteiger partial charge on any atom is -0.414 e. The average Bonchev–Trinajstić information content (AvgIpc) is 2.21. The van der Waals surface area contributed by atoms with Crippen LogP contribution < -0.4 is 16.2 Å². The van der Waals surface area contributed by atoms with E-state index in [1.54, 1.807) is 24.0 Å². The van der Waals surface area contributed by atoms with Gasteiger partial charge in [0.25, 0.3) is 0 Å². The van der Waals surface area contributed by atoms with Gasteiger partial charge in [-0.1, -0.05) is 6.07 Å². The molecule has 84 valence electrons. The lowest BCUT2D eigenvalue weighted by Gasteiger charge is -2.13. The van der Waals surface area contributed by atoms with E-state index in [2.05, 4.69) is 0 Å². The van der Waals surface area contributed by atoms with Crippen LogP contribution in [0.2, 0.25) is 0 Å². The van der Waals surface area contributed by atoms with Gasteiger partial charge >= 0.3 is 11.3 Å². The lowest BCUT2D eigenvalue weighted by atomic mass is 10.2. The van der Waals surface area contributed by atoms with Gasteiger partial charge in [0.15, 0.2) is 11.2 Å². The van der Waals surface area contributed by atoms with Crippen LogP contribution in [0.1, 0.15) is 5.56 Å². The topological polar surface area (TPSA) is 63.7 Å². The van der Waals surface area contributed by atoms with Gasteiger partial charge in [-0.15, -0.1) is 0 Å². The zero-order valence-corrected chi connectivity index (χ0v) is 9.23. The van der Waals surface area contributed by atoms with Gasteiger partial charge in [0.2, 0.25) is 0 Å². The fourth-order valence-electron chi connectivity index (χ4n) is 1.50. The minimum absolute atomic E-state index is 0.301. The van der Waals surface area contributed by atoms with Crippen LogP contribution in [0, 0.1) is 6.92 Å². The van der Waals surface area contributed by atoms with Crippen molar-refractivity contribution in [3.05, 3.63) is 38.5 Å². The van der Waals surface area contributed by atoms with Crippen LogP contribution in [0.3, 0.4) is 0 Å². The number of fused-ring (bicyclic) bond motifs is 1. The van der Waals surface area contributed by atoms with Crippen molar-refractivity contribution < 1.29 is 8.83 Å². The van der Waals surface area contributed by atoms with Crippen LogP contribution in [-0.4, -0.2) is 14.1 Å². The molecule has 1 aromatic heterocycles. The SMILES string of the molecule is Cc1ccc(N(C)C)c2oc(=O)c(=O)oc12. The summed E-state index contributed by atoms with van der Waals surface area (Å²) in [6.07, 6.45) is 0. The molecule has 2 aromatic rings. The summed E-state index contributed by atoms with van der Waals surface area (Å²) in [6.45, 7) is 1.78. The van der Waals surface area contributed by atoms with Gasteiger partial charge in [0.1, 0.15) is 0 Å². The first-order valence-corrected chi connectivity index (χ1v) is 4.75. The number of hydrogen-bond donors (Lipinski definition) is 0. The quantitative estimate of drug-likeness (QED) is 0.675. The first kappa shape index (κ1) is 10.5. The molecule has 0 radical (unpaired) electrons. The first-order valence-electron chi connectivity index (χ1n) is 4.75. The maximum absolute atomic E-state index is 11.1. The Labute approximate surface area is 90.9 Å². The summed E-state index contributed by atoms with van der Waals surface area (Å²) in [5.41, 5.74) is 0.0982. The Balaban J connectivity index is 2.99. The molecule has 5 heteroatoms. The third-order valence-electron chi connectivity index (χ3n) is 2.33. The first-order chi connectivity index (χ1) is 7.50.